The second kappa shape index (κ2) is 3.31. The highest BCUT2D eigenvalue weighted by molar-refractivity contribution is 6.05. The topological polar surface area (TPSA) is 70.1 Å². The summed E-state index contributed by atoms with van der Waals surface area (Å²) < 4.78 is 5.02. The number of aliphatic hydroxyl groups is 2. The van der Waals surface area contributed by atoms with E-state index in [9.17, 15) is 9.90 Å². The number of allylic oxidation sites excluding steroid dienone is 2. The van der Waals surface area contributed by atoms with E-state index in [1.165, 1.54) is 0 Å². The number of carbonyl (C=O) groups is 1. The lowest BCUT2D eigenvalue weighted by molar-refractivity contribution is -0.116. The maximum absolute atomic E-state index is 11.6. The standard InChI is InChI=1S/C10H12O4/c1-2-3-5-6(4-11)8(13)10-9(14-10)7(5)12/h2-3,8-11,13H,4H2,1H3/b3-2+/t8-,9-,10+/m1/s1. The predicted molar refractivity (Wildman–Crippen MR) is 48.6 cm³/mol. The van der Waals surface area contributed by atoms with Crippen LogP contribution in [0.3, 0.4) is 0 Å². The van der Waals surface area contributed by atoms with Crippen LogP contribution >= 0.6 is 0 Å². The van der Waals surface area contributed by atoms with Crippen LogP contribution in [-0.2, 0) is 9.53 Å². The summed E-state index contributed by atoms with van der Waals surface area (Å²) in [4.78, 5) is 11.6. The molecule has 4 nitrogen and oxygen atoms in total. The molecule has 1 fully saturated rings. The van der Waals surface area contributed by atoms with Crippen molar-refractivity contribution in [1.82, 2.24) is 0 Å². The van der Waals surface area contributed by atoms with Crippen LogP contribution in [0.4, 0.5) is 0 Å². The monoisotopic (exact) mass is 196 g/mol. The molecule has 0 radical (unpaired) electrons. The quantitative estimate of drug-likeness (QED) is 0.587. The number of ether oxygens (including phenoxy) is 1. The van der Waals surface area contributed by atoms with Crippen LogP contribution in [0.25, 0.3) is 0 Å². The first kappa shape index (κ1) is 9.58. The van der Waals surface area contributed by atoms with E-state index in [1.807, 2.05) is 0 Å². The maximum atomic E-state index is 11.6. The Labute approximate surface area is 81.5 Å². The highest BCUT2D eigenvalue weighted by Gasteiger charge is 2.55. The fraction of sp³-hybridized carbons (Fsp3) is 0.500. The predicted octanol–water partition coefficient (Wildman–Crippen LogP) is -0.438. The van der Waals surface area contributed by atoms with E-state index in [1.54, 1.807) is 19.1 Å². The Morgan fingerprint density at radius 2 is 2.29 bits per heavy atom. The fourth-order valence-electron chi connectivity index (χ4n) is 1.78. The average molecular weight is 196 g/mol. The summed E-state index contributed by atoms with van der Waals surface area (Å²) in [5.41, 5.74) is 0.758. The zero-order chi connectivity index (χ0) is 10.3. The van der Waals surface area contributed by atoms with Crippen molar-refractivity contribution in [2.24, 2.45) is 0 Å². The van der Waals surface area contributed by atoms with E-state index in [-0.39, 0.29) is 12.4 Å². The van der Waals surface area contributed by atoms with Gasteiger partial charge in [0.2, 0.25) is 0 Å². The molecule has 2 aliphatic rings. The normalized spacial score (nSPS) is 36.5. The zero-order valence-corrected chi connectivity index (χ0v) is 7.80. The number of ketones is 1. The lowest BCUT2D eigenvalue weighted by Gasteiger charge is -2.17. The summed E-state index contributed by atoms with van der Waals surface area (Å²) in [6.45, 7) is 1.47. The minimum absolute atomic E-state index is 0.137. The Bertz CT molecular complexity index is 329. The van der Waals surface area contributed by atoms with Gasteiger partial charge in [0, 0.05) is 5.57 Å². The van der Waals surface area contributed by atoms with Gasteiger partial charge in [-0.3, -0.25) is 4.79 Å². The van der Waals surface area contributed by atoms with Gasteiger partial charge in [0.15, 0.2) is 5.78 Å². The third-order valence-corrected chi connectivity index (χ3v) is 2.57. The van der Waals surface area contributed by atoms with Gasteiger partial charge in [-0.25, -0.2) is 0 Å². The molecule has 2 rings (SSSR count). The molecule has 0 aromatic carbocycles. The Hall–Kier alpha value is -0.970. The van der Waals surface area contributed by atoms with Crippen molar-refractivity contribution in [3.05, 3.63) is 23.3 Å². The van der Waals surface area contributed by atoms with E-state index in [0.717, 1.165) is 0 Å². The largest absolute Gasteiger partial charge is 0.392 e. The molecular weight excluding hydrogens is 184 g/mol. The van der Waals surface area contributed by atoms with E-state index in [0.29, 0.717) is 11.1 Å². The summed E-state index contributed by atoms with van der Waals surface area (Å²) in [7, 11) is 0. The first-order valence-electron chi connectivity index (χ1n) is 4.55. The van der Waals surface area contributed by atoms with E-state index in [2.05, 4.69) is 0 Å². The number of Topliss-reactive ketones (excluding diaryl/α,β-unsaturated/α-hetero) is 1. The number of hydrogen-bond acceptors (Lipinski definition) is 4. The van der Waals surface area contributed by atoms with Crippen LogP contribution in [0, 0.1) is 0 Å². The molecule has 0 aromatic rings. The molecule has 1 saturated heterocycles. The lowest BCUT2D eigenvalue weighted by Crippen LogP contribution is -2.32. The first-order chi connectivity index (χ1) is 6.70. The van der Waals surface area contributed by atoms with Gasteiger partial charge < -0.3 is 14.9 Å². The summed E-state index contributed by atoms with van der Waals surface area (Å²) in [5, 5.41) is 18.7. The number of carbonyl (C=O) groups excluding carboxylic acids is 1. The van der Waals surface area contributed by atoms with Crippen molar-refractivity contribution in [3.63, 3.8) is 0 Å². The summed E-state index contributed by atoms with van der Waals surface area (Å²) in [5.74, 6) is -0.137. The summed E-state index contributed by atoms with van der Waals surface area (Å²) in [6.07, 6.45) is 1.55. The molecule has 0 spiro atoms. The molecule has 1 heterocycles. The van der Waals surface area contributed by atoms with Gasteiger partial charge in [-0.2, -0.15) is 0 Å². The van der Waals surface area contributed by atoms with Crippen LogP contribution in [-0.4, -0.2) is 40.9 Å². The summed E-state index contributed by atoms with van der Waals surface area (Å²) >= 11 is 0. The van der Waals surface area contributed by atoms with Gasteiger partial charge in [-0.15, -0.1) is 0 Å². The number of epoxide rings is 1. The Kier molecular flexibility index (Phi) is 2.26. The third-order valence-electron chi connectivity index (χ3n) is 2.57. The summed E-state index contributed by atoms with van der Waals surface area (Å²) in [6, 6.07) is 0. The molecule has 0 bridgehead atoms. The Morgan fingerprint density at radius 3 is 2.86 bits per heavy atom. The number of fused-ring (bicyclic) bond motifs is 1. The van der Waals surface area contributed by atoms with Gasteiger partial charge in [0.05, 0.1) is 6.61 Å². The van der Waals surface area contributed by atoms with Crippen molar-refractivity contribution in [2.75, 3.05) is 6.61 Å². The number of hydrogen-bond donors (Lipinski definition) is 2. The van der Waals surface area contributed by atoms with Crippen molar-refractivity contribution >= 4 is 5.78 Å². The highest BCUT2D eigenvalue weighted by Crippen LogP contribution is 2.37. The van der Waals surface area contributed by atoms with Gasteiger partial charge in [-0.05, 0) is 12.5 Å². The van der Waals surface area contributed by atoms with Crippen LogP contribution in [0.2, 0.25) is 0 Å². The Balaban J connectivity index is 2.41. The van der Waals surface area contributed by atoms with Crippen LogP contribution in [0.15, 0.2) is 23.3 Å². The van der Waals surface area contributed by atoms with Gasteiger partial charge in [-0.1, -0.05) is 12.2 Å². The second-order valence-electron chi connectivity index (χ2n) is 3.43. The minimum Gasteiger partial charge on any atom is -0.392 e. The van der Waals surface area contributed by atoms with E-state index >= 15 is 0 Å². The van der Waals surface area contributed by atoms with E-state index in [4.69, 9.17) is 9.84 Å². The molecular formula is C10H12O4. The molecule has 3 atom stereocenters. The molecule has 1 aliphatic carbocycles. The number of aliphatic hydroxyl groups excluding tert-OH is 2. The Morgan fingerprint density at radius 1 is 1.57 bits per heavy atom. The average Bonchev–Trinajstić information content (AvgIpc) is 2.94. The third kappa shape index (κ3) is 1.23. The van der Waals surface area contributed by atoms with Crippen LogP contribution in [0.5, 0.6) is 0 Å². The molecule has 0 amide bonds. The second-order valence-corrected chi connectivity index (χ2v) is 3.43. The van der Waals surface area contributed by atoms with Gasteiger partial charge >= 0.3 is 0 Å². The first-order valence-corrected chi connectivity index (χ1v) is 4.55. The molecule has 0 aromatic heterocycles. The maximum Gasteiger partial charge on any atom is 0.194 e. The molecule has 14 heavy (non-hydrogen) atoms. The molecule has 76 valence electrons. The molecule has 2 N–H and O–H groups in total. The van der Waals surface area contributed by atoms with Gasteiger partial charge in [0.25, 0.3) is 0 Å². The van der Waals surface area contributed by atoms with Crippen molar-refractivity contribution in [3.8, 4) is 0 Å². The fourth-order valence-corrected chi connectivity index (χ4v) is 1.78. The van der Waals surface area contributed by atoms with Crippen molar-refractivity contribution in [1.29, 1.82) is 0 Å². The lowest BCUT2D eigenvalue weighted by atomic mass is 9.88. The zero-order valence-electron chi connectivity index (χ0n) is 7.80. The SMILES string of the molecule is C/C=C/C1=C(CO)[C@@H](O)[C@@H]2O[C@@H]2C1=O. The van der Waals surface area contributed by atoms with Crippen LogP contribution < -0.4 is 0 Å². The highest BCUT2D eigenvalue weighted by atomic mass is 16.6. The van der Waals surface area contributed by atoms with Gasteiger partial charge in [0.1, 0.15) is 18.3 Å². The van der Waals surface area contributed by atoms with Crippen molar-refractivity contribution < 1.29 is 19.7 Å². The molecule has 0 unspecified atom stereocenters. The van der Waals surface area contributed by atoms with Crippen molar-refractivity contribution in [2.45, 2.75) is 25.2 Å². The van der Waals surface area contributed by atoms with Crippen LogP contribution in [0.1, 0.15) is 6.92 Å². The minimum atomic E-state index is -0.839. The molecule has 4 heteroatoms. The number of rotatable bonds is 2. The van der Waals surface area contributed by atoms with E-state index < -0.39 is 18.3 Å². The smallest absolute Gasteiger partial charge is 0.194 e. The molecule has 0 saturated carbocycles. The molecule has 1 aliphatic heterocycles.